The van der Waals surface area contributed by atoms with E-state index in [1.165, 1.54) is 18.6 Å². The number of hydrogen-bond donors (Lipinski definition) is 1. The first-order valence-electron chi connectivity index (χ1n) is 3.25. The molecule has 2 N–H and O–H groups in total. The van der Waals surface area contributed by atoms with E-state index in [4.69, 9.17) is 5.73 Å². The second-order valence-electron chi connectivity index (χ2n) is 2.79. The fraction of sp³-hybridized carbons (Fsp3) is 1.00. The van der Waals surface area contributed by atoms with Crippen LogP contribution in [-0.2, 0) is 0 Å². The fourth-order valence-electron chi connectivity index (χ4n) is 1.70. The molecule has 2 heteroatoms. The van der Waals surface area contributed by atoms with Crippen molar-refractivity contribution >= 4 is 11.8 Å². The Kier molecular flexibility index (Phi) is 1.05. The van der Waals surface area contributed by atoms with Crippen LogP contribution in [-0.4, -0.2) is 17.0 Å². The van der Waals surface area contributed by atoms with Crippen LogP contribution < -0.4 is 5.73 Å². The zero-order chi connectivity index (χ0) is 5.56. The topological polar surface area (TPSA) is 26.0 Å². The highest BCUT2D eigenvalue weighted by Crippen LogP contribution is 2.42. The van der Waals surface area contributed by atoms with Crippen molar-refractivity contribution < 1.29 is 0 Å². The Morgan fingerprint density at radius 2 is 2.25 bits per heavy atom. The van der Waals surface area contributed by atoms with E-state index < -0.39 is 0 Å². The molecule has 1 nitrogen and oxygen atoms in total. The molecule has 0 aromatic rings. The maximum absolute atomic E-state index is 5.86. The van der Waals surface area contributed by atoms with Gasteiger partial charge in [-0.3, -0.25) is 0 Å². The molecule has 1 heterocycles. The summed E-state index contributed by atoms with van der Waals surface area (Å²) in [5, 5.41) is 0.833. The first-order chi connectivity index (χ1) is 3.88. The number of nitrogens with two attached hydrogens (primary N) is 1. The van der Waals surface area contributed by atoms with Crippen LogP contribution in [0.2, 0.25) is 0 Å². The van der Waals surface area contributed by atoms with Crippen molar-refractivity contribution in [2.45, 2.75) is 24.1 Å². The Morgan fingerprint density at radius 1 is 1.38 bits per heavy atom. The van der Waals surface area contributed by atoms with Crippen LogP contribution in [0.5, 0.6) is 0 Å². The van der Waals surface area contributed by atoms with Crippen LogP contribution in [0.1, 0.15) is 12.8 Å². The molecule has 0 radical (unpaired) electrons. The minimum atomic E-state index is 0.556. The van der Waals surface area contributed by atoms with Gasteiger partial charge >= 0.3 is 0 Å². The summed E-state index contributed by atoms with van der Waals surface area (Å²) >= 11 is 2.08. The van der Waals surface area contributed by atoms with Crippen LogP contribution in [0.3, 0.4) is 0 Å². The van der Waals surface area contributed by atoms with Crippen LogP contribution in [0.25, 0.3) is 0 Å². The van der Waals surface area contributed by atoms with Crippen molar-refractivity contribution in [1.82, 2.24) is 0 Å². The summed E-state index contributed by atoms with van der Waals surface area (Å²) in [4.78, 5) is 0. The molecule has 1 saturated heterocycles. The Balaban J connectivity index is 2.16. The maximum atomic E-state index is 5.86. The van der Waals surface area contributed by atoms with Gasteiger partial charge in [0.15, 0.2) is 0 Å². The van der Waals surface area contributed by atoms with E-state index in [1.807, 2.05) is 0 Å². The maximum Gasteiger partial charge on any atom is 0.0202 e. The molecule has 0 aromatic carbocycles. The monoisotopic (exact) mass is 129 g/mol. The molecule has 2 aliphatic rings. The van der Waals surface area contributed by atoms with E-state index in [-0.39, 0.29) is 0 Å². The van der Waals surface area contributed by atoms with Crippen molar-refractivity contribution in [1.29, 1.82) is 0 Å². The Hall–Kier alpha value is 0.310. The molecular formula is C6H11NS. The second kappa shape index (κ2) is 1.64. The molecule has 0 spiro atoms. The van der Waals surface area contributed by atoms with Crippen LogP contribution in [0.15, 0.2) is 0 Å². The molecule has 1 aliphatic heterocycles. The van der Waals surface area contributed by atoms with Gasteiger partial charge in [-0.1, -0.05) is 0 Å². The van der Waals surface area contributed by atoms with Crippen molar-refractivity contribution in [3.63, 3.8) is 0 Å². The smallest absolute Gasteiger partial charge is 0.0202 e. The summed E-state index contributed by atoms with van der Waals surface area (Å²) < 4.78 is 0. The third-order valence-corrected chi connectivity index (χ3v) is 3.92. The normalized spacial score (nSPS) is 52.9. The molecule has 2 unspecified atom stereocenters. The van der Waals surface area contributed by atoms with Gasteiger partial charge in [0.2, 0.25) is 0 Å². The van der Waals surface area contributed by atoms with E-state index in [0.717, 1.165) is 11.2 Å². The van der Waals surface area contributed by atoms with Gasteiger partial charge in [0, 0.05) is 11.3 Å². The van der Waals surface area contributed by atoms with Crippen molar-refractivity contribution in [3.05, 3.63) is 0 Å². The van der Waals surface area contributed by atoms with Crippen LogP contribution >= 0.6 is 11.8 Å². The van der Waals surface area contributed by atoms with Gasteiger partial charge in [0.25, 0.3) is 0 Å². The third-order valence-electron chi connectivity index (χ3n) is 2.32. The minimum Gasteiger partial charge on any atom is -0.326 e. The van der Waals surface area contributed by atoms with Crippen molar-refractivity contribution in [3.8, 4) is 0 Å². The molecule has 1 aliphatic carbocycles. The average molecular weight is 129 g/mol. The van der Waals surface area contributed by atoms with E-state index >= 15 is 0 Å². The lowest BCUT2D eigenvalue weighted by atomic mass is 10.1. The van der Waals surface area contributed by atoms with Gasteiger partial charge in [-0.05, 0) is 24.5 Å². The Morgan fingerprint density at radius 3 is 2.38 bits per heavy atom. The van der Waals surface area contributed by atoms with Gasteiger partial charge < -0.3 is 5.73 Å². The van der Waals surface area contributed by atoms with E-state index in [1.54, 1.807) is 0 Å². The first-order valence-corrected chi connectivity index (χ1v) is 4.30. The quantitative estimate of drug-likeness (QED) is 0.524. The third kappa shape index (κ3) is 0.531. The summed E-state index contributed by atoms with van der Waals surface area (Å²) in [7, 11) is 0. The Bertz CT molecular complexity index is 84.7. The van der Waals surface area contributed by atoms with Gasteiger partial charge in [0.1, 0.15) is 0 Å². The molecule has 2 rings (SSSR count). The zero-order valence-corrected chi connectivity index (χ0v) is 5.66. The zero-order valence-electron chi connectivity index (χ0n) is 4.84. The summed E-state index contributed by atoms with van der Waals surface area (Å²) in [6, 6.07) is 0.556. The van der Waals surface area contributed by atoms with Crippen LogP contribution in [0.4, 0.5) is 0 Å². The molecular weight excluding hydrogens is 118 g/mol. The summed E-state index contributed by atoms with van der Waals surface area (Å²) in [6.45, 7) is 0. The molecule has 2 fully saturated rings. The SMILES string of the molecule is N[C@H]1C2CCC1SC2. The standard InChI is InChI=1S/C6H11NS/c7-6-4-1-2-5(6)8-3-4/h4-6H,1-3,7H2/t4?,5?,6-/m0/s1. The fourth-order valence-corrected chi connectivity index (χ4v) is 3.33. The number of hydrogen-bond acceptors (Lipinski definition) is 2. The second-order valence-corrected chi connectivity index (χ2v) is 4.06. The summed E-state index contributed by atoms with van der Waals surface area (Å²) in [6.07, 6.45) is 2.79. The molecule has 0 aromatic heterocycles. The minimum absolute atomic E-state index is 0.556. The number of thioether (sulfide) groups is 1. The van der Waals surface area contributed by atoms with Gasteiger partial charge in [-0.25, -0.2) is 0 Å². The van der Waals surface area contributed by atoms with E-state index in [0.29, 0.717) is 6.04 Å². The van der Waals surface area contributed by atoms with E-state index in [2.05, 4.69) is 11.8 Å². The van der Waals surface area contributed by atoms with Crippen LogP contribution in [0, 0.1) is 5.92 Å². The molecule has 8 heavy (non-hydrogen) atoms. The van der Waals surface area contributed by atoms with Gasteiger partial charge in [-0.2, -0.15) is 11.8 Å². The number of rotatable bonds is 0. The van der Waals surface area contributed by atoms with Crippen molar-refractivity contribution in [2.75, 3.05) is 5.75 Å². The molecule has 3 atom stereocenters. The summed E-state index contributed by atoms with van der Waals surface area (Å²) in [5.41, 5.74) is 5.86. The average Bonchev–Trinajstić information content (AvgIpc) is 2.29. The highest BCUT2D eigenvalue weighted by atomic mass is 32.2. The highest BCUT2D eigenvalue weighted by molar-refractivity contribution is 8.00. The van der Waals surface area contributed by atoms with E-state index in [9.17, 15) is 0 Å². The lowest BCUT2D eigenvalue weighted by Crippen LogP contribution is -2.27. The highest BCUT2D eigenvalue weighted by Gasteiger charge is 2.39. The first kappa shape index (κ1) is 5.12. The predicted octanol–water partition coefficient (Wildman–Crippen LogP) is 0.839. The Labute approximate surface area is 54.0 Å². The summed E-state index contributed by atoms with van der Waals surface area (Å²) in [5.74, 6) is 2.22. The van der Waals surface area contributed by atoms with Gasteiger partial charge in [0.05, 0.1) is 0 Å². The number of fused-ring (bicyclic) bond motifs is 2. The molecule has 46 valence electrons. The lowest BCUT2D eigenvalue weighted by Gasteiger charge is -2.04. The van der Waals surface area contributed by atoms with Crippen molar-refractivity contribution in [2.24, 2.45) is 11.7 Å². The molecule has 1 saturated carbocycles. The largest absolute Gasteiger partial charge is 0.326 e. The predicted molar refractivity (Wildman–Crippen MR) is 36.9 cm³/mol. The molecule has 2 bridgehead atoms. The van der Waals surface area contributed by atoms with Gasteiger partial charge in [-0.15, -0.1) is 0 Å². The molecule has 0 amide bonds. The lowest BCUT2D eigenvalue weighted by molar-refractivity contribution is 0.559.